The first-order valence-corrected chi connectivity index (χ1v) is 17.9. The first-order chi connectivity index (χ1) is 21.8. The van der Waals surface area contributed by atoms with E-state index in [0.717, 1.165) is 51.4 Å². The van der Waals surface area contributed by atoms with Gasteiger partial charge in [0.15, 0.2) is 5.79 Å². The molecule has 4 aliphatic carbocycles. The molecule has 46 heavy (non-hydrogen) atoms. The van der Waals surface area contributed by atoms with Crippen LogP contribution in [0.4, 0.5) is 0 Å². The number of esters is 2. The van der Waals surface area contributed by atoms with Crippen LogP contribution in [0.25, 0.3) is 0 Å². The van der Waals surface area contributed by atoms with Crippen molar-refractivity contribution in [3.05, 3.63) is 35.9 Å². The molecule has 2 N–H and O–H groups in total. The molecule has 1 aromatic rings. The fourth-order valence-electron chi connectivity index (χ4n) is 11.2. The Bertz CT molecular complexity index is 1250. The Kier molecular flexibility index (Phi) is 9.42. The lowest BCUT2D eigenvalue weighted by molar-refractivity contribution is -0.281. The minimum absolute atomic E-state index is 0.0465. The highest BCUT2D eigenvalue weighted by atomic mass is 16.7. The molecule has 256 valence electrons. The van der Waals surface area contributed by atoms with Gasteiger partial charge in [0, 0.05) is 24.7 Å². The van der Waals surface area contributed by atoms with Crippen LogP contribution in [0.1, 0.15) is 109 Å². The molecule has 8 heteroatoms. The van der Waals surface area contributed by atoms with E-state index in [0.29, 0.717) is 56.0 Å². The van der Waals surface area contributed by atoms with Crippen LogP contribution in [0.5, 0.6) is 0 Å². The molecule has 0 bridgehead atoms. The van der Waals surface area contributed by atoms with Gasteiger partial charge >= 0.3 is 11.9 Å². The lowest BCUT2D eigenvalue weighted by Gasteiger charge is -2.62. The van der Waals surface area contributed by atoms with Crippen LogP contribution in [0, 0.1) is 46.3 Å². The van der Waals surface area contributed by atoms with Crippen molar-refractivity contribution in [1.82, 2.24) is 0 Å². The fourth-order valence-corrected chi connectivity index (χ4v) is 11.2. The molecule has 5 aliphatic rings. The van der Waals surface area contributed by atoms with E-state index in [-0.39, 0.29) is 35.3 Å². The Labute approximate surface area is 274 Å². The van der Waals surface area contributed by atoms with E-state index in [4.69, 9.17) is 18.9 Å². The maximum Gasteiger partial charge on any atom is 0.338 e. The molecule has 0 aromatic heterocycles. The summed E-state index contributed by atoms with van der Waals surface area (Å²) in [4.78, 5) is 24.2. The number of aliphatic hydroxyl groups is 2. The normalized spacial score (nSPS) is 41.0. The molecule has 1 aromatic carbocycles. The molecule has 1 saturated heterocycles. The summed E-state index contributed by atoms with van der Waals surface area (Å²) in [6, 6.07) is 9.28. The third-order valence-corrected chi connectivity index (χ3v) is 13.8. The van der Waals surface area contributed by atoms with Gasteiger partial charge in [-0.2, -0.15) is 0 Å². The van der Waals surface area contributed by atoms with Crippen molar-refractivity contribution in [2.24, 2.45) is 46.3 Å². The second-order valence-corrected chi connectivity index (χ2v) is 16.0. The number of hydrogen-bond donors (Lipinski definition) is 2. The molecule has 4 saturated carbocycles. The van der Waals surface area contributed by atoms with Crippen molar-refractivity contribution in [2.45, 2.75) is 122 Å². The average Bonchev–Trinajstić information content (AvgIpc) is 3.61. The van der Waals surface area contributed by atoms with Crippen molar-refractivity contribution in [2.75, 3.05) is 19.8 Å². The summed E-state index contributed by atoms with van der Waals surface area (Å²) < 4.78 is 24.0. The van der Waals surface area contributed by atoms with Gasteiger partial charge in [-0.05, 0) is 105 Å². The minimum Gasteiger partial charge on any atom is -0.466 e. The van der Waals surface area contributed by atoms with E-state index < -0.39 is 28.8 Å². The van der Waals surface area contributed by atoms with Gasteiger partial charge in [0.2, 0.25) is 0 Å². The topological polar surface area (TPSA) is 112 Å². The molecular formula is C38H56O8. The van der Waals surface area contributed by atoms with Crippen LogP contribution < -0.4 is 0 Å². The zero-order chi connectivity index (χ0) is 32.9. The zero-order valence-electron chi connectivity index (χ0n) is 28.5. The second kappa shape index (κ2) is 12.8. The molecule has 1 aliphatic heterocycles. The van der Waals surface area contributed by atoms with Gasteiger partial charge in [-0.15, -0.1) is 0 Å². The molecule has 6 rings (SSSR count). The van der Waals surface area contributed by atoms with Crippen molar-refractivity contribution in [1.29, 1.82) is 0 Å². The molecule has 0 unspecified atom stereocenters. The van der Waals surface area contributed by atoms with E-state index in [1.54, 1.807) is 0 Å². The fraction of sp³-hybridized carbons (Fsp3) is 0.789. The van der Waals surface area contributed by atoms with Crippen LogP contribution in [0.15, 0.2) is 30.3 Å². The number of benzene rings is 1. The minimum atomic E-state index is -1.35. The van der Waals surface area contributed by atoms with Crippen molar-refractivity contribution >= 4 is 11.9 Å². The summed E-state index contributed by atoms with van der Waals surface area (Å²) in [6.07, 6.45) is 7.84. The van der Waals surface area contributed by atoms with Gasteiger partial charge < -0.3 is 29.2 Å². The first-order valence-electron chi connectivity index (χ1n) is 17.9. The van der Waals surface area contributed by atoms with Gasteiger partial charge in [-0.25, -0.2) is 4.79 Å². The Balaban J connectivity index is 1.16. The zero-order valence-corrected chi connectivity index (χ0v) is 28.5. The first kappa shape index (κ1) is 33.9. The van der Waals surface area contributed by atoms with Crippen LogP contribution in [0.2, 0.25) is 0 Å². The van der Waals surface area contributed by atoms with Crippen molar-refractivity contribution in [3.63, 3.8) is 0 Å². The highest BCUT2D eigenvalue weighted by molar-refractivity contribution is 5.89. The number of carbonyl (C=O) groups excluding carboxylic acids is 2. The summed E-state index contributed by atoms with van der Waals surface area (Å²) in [6.45, 7) is 11.4. The van der Waals surface area contributed by atoms with E-state index >= 15 is 0 Å². The molecular weight excluding hydrogens is 584 g/mol. The van der Waals surface area contributed by atoms with E-state index in [2.05, 4.69) is 13.8 Å². The molecule has 11 atom stereocenters. The van der Waals surface area contributed by atoms with Gasteiger partial charge in [0.05, 0.1) is 31.5 Å². The number of ether oxygens (including phenoxy) is 4. The van der Waals surface area contributed by atoms with E-state index in [9.17, 15) is 19.8 Å². The van der Waals surface area contributed by atoms with E-state index in [1.165, 1.54) is 6.92 Å². The smallest absolute Gasteiger partial charge is 0.338 e. The number of fused-ring (bicyclic) bond motifs is 5. The Morgan fingerprint density at radius 2 is 1.70 bits per heavy atom. The number of aliphatic hydroxyl groups excluding tert-OH is 1. The largest absolute Gasteiger partial charge is 0.466 e. The maximum absolute atomic E-state index is 12.8. The summed E-state index contributed by atoms with van der Waals surface area (Å²) >= 11 is 0. The highest BCUT2D eigenvalue weighted by Gasteiger charge is 2.72. The lowest BCUT2D eigenvalue weighted by Crippen LogP contribution is -2.64. The second-order valence-electron chi connectivity index (χ2n) is 16.0. The standard InChI is InChI=1S/C38H56O8/c1-24(23-43-26(3)39)13-18-37(44-19-20-45-37)25(2)38(42)33(40)22-32-30-12-11-28-21-29(46-34(41)27-9-7-6-8-10-27)14-16-35(28,4)31(30)15-17-36(32,38)5/h6-10,24-25,28-33,40,42H,11-23H2,1-5H3/t24-,25-,28+,29+,30-,31+,32+,33-,35+,36+,38-/m1/s1. The van der Waals surface area contributed by atoms with Crippen molar-refractivity contribution < 1.29 is 38.7 Å². The third-order valence-electron chi connectivity index (χ3n) is 13.8. The predicted octanol–water partition coefficient (Wildman–Crippen LogP) is 6.32. The van der Waals surface area contributed by atoms with Crippen LogP contribution in [-0.2, 0) is 23.7 Å². The van der Waals surface area contributed by atoms with Gasteiger partial charge in [0.25, 0.3) is 0 Å². The molecule has 0 amide bonds. The Hall–Kier alpha value is -2.00. The lowest BCUT2D eigenvalue weighted by atomic mass is 9.43. The summed E-state index contributed by atoms with van der Waals surface area (Å²) in [5, 5.41) is 24.7. The van der Waals surface area contributed by atoms with Gasteiger partial charge in [-0.1, -0.05) is 45.9 Å². The third kappa shape index (κ3) is 5.63. The van der Waals surface area contributed by atoms with E-state index in [1.807, 2.05) is 44.2 Å². The maximum atomic E-state index is 12.8. The van der Waals surface area contributed by atoms with Crippen LogP contribution >= 0.6 is 0 Å². The number of carbonyl (C=O) groups is 2. The van der Waals surface area contributed by atoms with Gasteiger partial charge in [-0.3, -0.25) is 4.79 Å². The number of hydrogen-bond acceptors (Lipinski definition) is 8. The predicted molar refractivity (Wildman–Crippen MR) is 173 cm³/mol. The molecule has 0 radical (unpaired) electrons. The summed E-state index contributed by atoms with van der Waals surface area (Å²) in [7, 11) is 0. The Morgan fingerprint density at radius 3 is 2.39 bits per heavy atom. The average molecular weight is 641 g/mol. The van der Waals surface area contributed by atoms with Gasteiger partial charge in [0.1, 0.15) is 11.7 Å². The molecule has 1 heterocycles. The highest BCUT2D eigenvalue weighted by Crippen LogP contribution is 2.70. The molecule has 5 fully saturated rings. The SMILES string of the molecule is CC(=O)OC[C@H](C)CCC1([C@@H](C)[C@@]2(O)[C@H](O)C[C@H]3[C@@H]4CC[C@H]5C[C@@H](OC(=O)c6ccccc6)CC[C@]5(C)[C@H]4CC[C@@]32C)OCCO1. The quantitative estimate of drug-likeness (QED) is 0.302. The Morgan fingerprint density at radius 1 is 0.978 bits per heavy atom. The van der Waals surface area contributed by atoms with Crippen LogP contribution in [-0.4, -0.2) is 65.6 Å². The molecule has 0 spiro atoms. The molecule has 8 nitrogen and oxygen atoms in total. The summed E-state index contributed by atoms with van der Waals surface area (Å²) in [5.74, 6) is -0.154. The monoisotopic (exact) mass is 640 g/mol. The van der Waals surface area contributed by atoms with Crippen molar-refractivity contribution in [3.8, 4) is 0 Å². The number of rotatable bonds is 9. The van der Waals surface area contributed by atoms with Crippen LogP contribution in [0.3, 0.4) is 0 Å². The summed E-state index contributed by atoms with van der Waals surface area (Å²) in [5.41, 5.74) is -1.05.